The molecule has 2 aliphatic rings. The first-order valence-corrected chi connectivity index (χ1v) is 9.01. The minimum Gasteiger partial charge on any atom is -0.341 e. The highest BCUT2D eigenvalue weighted by atomic mass is 35.5. The smallest absolute Gasteiger partial charge is 0.256 e. The van der Waals surface area contributed by atoms with Gasteiger partial charge in [-0.1, -0.05) is 23.2 Å². The summed E-state index contributed by atoms with van der Waals surface area (Å²) in [4.78, 5) is 29.2. The number of nitrogens with two attached hydrogens (primary N) is 1. The normalized spacial score (nSPS) is 23.8. The van der Waals surface area contributed by atoms with Gasteiger partial charge in [0.25, 0.3) is 5.91 Å². The summed E-state index contributed by atoms with van der Waals surface area (Å²) >= 11 is 12.1. The van der Waals surface area contributed by atoms with E-state index in [-0.39, 0.29) is 11.8 Å². The zero-order valence-corrected chi connectivity index (χ0v) is 14.9. The molecular weight excluding hydrogens is 349 g/mol. The third kappa shape index (κ3) is 3.39. The molecule has 2 atom stereocenters. The van der Waals surface area contributed by atoms with Crippen LogP contribution in [0.5, 0.6) is 0 Å². The Hall–Kier alpha value is -1.30. The van der Waals surface area contributed by atoms with Crippen molar-refractivity contribution in [2.24, 2.45) is 11.7 Å². The quantitative estimate of drug-likeness (QED) is 0.889. The maximum Gasteiger partial charge on any atom is 0.256 e. The third-order valence-corrected chi connectivity index (χ3v) is 5.45. The lowest BCUT2D eigenvalue weighted by molar-refractivity contribution is -0.134. The number of benzene rings is 1. The topological polar surface area (TPSA) is 66.6 Å². The lowest BCUT2D eigenvalue weighted by atomic mass is 10.1. The second-order valence-corrected chi connectivity index (χ2v) is 7.30. The number of rotatable bonds is 3. The Kier molecular flexibility index (Phi) is 5.33. The summed E-state index contributed by atoms with van der Waals surface area (Å²) in [6.45, 7) is 2.56. The van der Waals surface area contributed by atoms with Gasteiger partial charge in [-0.3, -0.25) is 9.59 Å². The van der Waals surface area contributed by atoms with Gasteiger partial charge in [-0.2, -0.15) is 0 Å². The average molecular weight is 370 g/mol. The van der Waals surface area contributed by atoms with E-state index in [1.807, 2.05) is 4.90 Å². The van der Waals surface area contributed by atoms with E-state index in [2.05, 4.69) is 0 Å². The highest BCUT2D eigenvalue weighted by Gasteiger charge is 2.39. The van der Waals surface area contributed by atoms with Crippen molar-refractivity contribution in [3.63, 3.8) is 0 Å². The monoisotopic (exact) mass is 369 g/mol. The Morgan fingerprint density at radius 2 is 2.00 bits per heavy atom. The minimum absolute atomic E-state index is 0.0231. The number of hydrogen-bond donors (Lipinski definition) is 1. The van der Waals surface area contributed by atoms with E-state index in [0.29, 0.717) is 47.6 Å². The molecule has 2 N–H and O–H groups in total. The first kappa shape index (κ1) is 17.5. The Labute approximate surface area is 151 Å². The molecule has 0 aliphatic carbocycles. The highest BCUT2D eigenvalue weighted by molar-refractivity contribution is 6.35. The fourth-order valence-electron chi connectivity index (χ4n) is 3.52. The molecule has 2 heterocycles. The maximum absolute atomic E-state index is 12.9. The number of nitrogens with zero attached hydrogens (tertiary/aromatic N) is 2. The van der Waals surface area contributed by atoms with Crippen molar-refractivity contribution in [2.75, 3.05) is 26.2 Å². The Morgan fingerprint density at radius 1 is 1.21 bits per heavy atom. The predicted octanol–water partition coefficient (Wildman–Crippen LogP) is 2.41. The summed E-state index contributed by atoms with van der Waals surface area (Å²) in [7, 11) is 0. The van der Waals surface area contributed by atoms with Crippen LogP contribution in [0, 0.1) is 5.92 Å². The van der Waals surface area contributed by atoms with Crippen LogP contribution in [0.25, 0.3) is 0 Å². The van der Waals surface area contributed by atoms with Crippen LogP contribution >= 0.6 is 23.2 Å². The molecule has 0 aromatic heterocycles. The molecule has 1 aromatic carbocycles. The molecule has 2 amide bonds. The molecule has 0 saturated carbocycles. The van der Waals surface area contributed by atoms with E-state index in [0.717, 1.165) is 19.4 Å². The van der Waals surface area contributed by atoms with Gasteiger partial charge >= 0.3 is 0 Å². The zero-order valence-electron chi connectivity index (χ0n) is 13.4. The maximum atomic E-state index is 12.9. The van der Waals surface area contributed by atoms with Crippen molar-refractivity contribution >= 4 is 35.0 Å². The largest absolute Gasteiger partial charge is 0.341 e. The number of amides is 2. The number of likely N-dealkylation sites (tertiary alicyclic amines) is 2. The van der Waals surface area contributed by atoms with Gasteiger partial charge in [-0.25, -0.2) is 0 Å². The molecule has 2 unspecified atom stereocenters. The van der Waals surface area contributed by atoms with Gasteiger partial charge < -0.3 is 15.5 Å². The van der Waals surface area contributed by atoms with Gasteiger partial charge in [0.2, 0.25) is 5.91 Å². The van der Waals surface area contributed by atoms with Crippen LogP contribution in [0.1, 0.15) is 29.6 Å². The van der Waals surface area contributed by atoms with E-state index in [9.17, 15) is 9.59 Å². The van der Waals surface area contributed by atoms with E-state index < -0.39 is 6.04 Å². The van der Waals surface area contributed by atoms with Crippen molar-refractivity contribution in [3.8, 4) is 0 Å². The highest BCUT2D eigenvalue weighted by Crippen LogP contribution is 2.28. The molecule has 0 bridgehead atoms. The molecule has 24 heavy (non-hydrogen) atoms. The zero-order chi connectivity index (χ0) is 17.3. The third-order valence-electron chi connectivity index (χ3n) is 4.89. The van der Waals surface area contributed by atoms with Crippen LogP contribution in [-0.4, -0.2) is 53.8 Å². The van der Waals surface area contributed by atoms with Gasteiger partial charge in [0.05, 0.1) is 10.6 Å². The van der Waals surface area contributed by atoms with E-state index in [4.69, 9.17) is 28.9 Å². The second kappa shape index (κ2) is 7.30. The van der Waals surface area contributed by atoms with Gasteiger partial charge in [-0.05, 0) is 49.9 Å². The number of carbonyl (C=O) groups excluding carboxylic acids is 2. The van der Waals surface area contributed by atoms with Crippen molar-refractivity contribution in [1.29, 1.82) is 0 Å². The fourth-order valence-corrected chi connectivity index (χ4v) is 3.89. The van der Waals surface area contributed by atoms with Crippen LogP contribution in [-0.2, 0) is 4.79 Å². The lowest BCUT2D eigenvalue weighted by Gasteiger charge is -2.28. The SMILES string of the molecule is NCC1CCN(C(=O)C2CCCN2C(=O)c2cc(Cl)ccc2Cl)C1. The van der Waals surface area contributed by atoms with Crippen molar-refractivity contribution in [2.45, 2.75) is 25.3 Å². The molecule has 2 aliphatic heterocycles. The summed E-state index contributed by atoms with van der Waals surface area (Å²) in [5.41, 5.74) is 6.05. The Morgan fingerprint density at radius 3 is 2.71 bits per heavy atom. The fraction of sp³-hybridized carbons (Fsp3) is 0.529. The predicted molar refractivity (Wildman–Crippen MR) is 94.3 cm³/mol. The van der Waals surface area contributed by atoms with Gasteiger partial charge in [-0.15, -0.1) is 0 Å². The second-order valence-electron chi connectivity index (χ2n) is 6.46. The molecule has 5 nitrogen and oxygen atoms in total. The Balaban J connectivity index is 1.76. The van der Waals surface area contributed by atoms with E-state index >= 15 is 0 Å². The summed E-state index contributed by atoms with van der Waals surface area (Å²) < 4.78 is 0. The first-order valence-electron chi connectivity index (χ1n) is 8.26. The number of hydrogen-bond acceptors (Lipinski definition) is 3. The van der Waals surface area contributed by atoms with Crippen molar-refractivity contribution < 1.29 is 9.59 Å². The van der Waals surface area contributed by atoms with Crippen molar-refractivity contribution in [1.82, 2.24) is 9.80 Å². The van der Waals surface area contributed by atoms with Gasteiger partial charge in [0.15, 0.2) is 0 Å². The molecule has 7 heteroatoms. The van der Waals surface area contributed by atoms with Crippen LogP contribution < -0.4 is 5.73 Å². The number of halogens is 2. The van der Waals surface area contributed by atoms with Crippen LogP contribution in [0.2, 0.25) is 10.0 Å². The Bertz CT molecular complexity index is 653. The molecule has 2 saturated heterocycles. The minimum atomic E-state index is -0.413. The standard InChI is InChI=1S/C17H21Cl2N3O2/c18-12-3-4-14(19)13(8-12)16(23)22-6-1-2-15(22)17(24)21-7-5-11(9-20)10-21/h3-4,8,11,15H,1-2,5-7,9-10,20H2. The van der Waals surface area contributed by atoms with Crippen molar-refractivity contribution in [3.05, 3.63) is 33.8 Å². The molecule has 1 aromatic rings. The first-order chi connectivity index (χ1) is 11.5. The molecule has 0 spiro atoms. The van der Waals surface area contributed by atoms with Gasteiger partial charge in [0, 0.05) is 24.7 Å². The van der Waals surface area contributed by atoms with Crippen LogP contribution in [0.3, 0.4) is 0 Å². The lowest BCUT2D eigenvalue weighted by Crippen LogP contribution is -2.47. The molecular formula is C17H21Cl2N3O2. The molecule has 0 radical (unpaired) electrons. The summed E-state index contributed by atoms with van der Waals surface area (Å²) in [6.07, 6.45) is 2.43. The summed E-state index contributed by atoms with van der Waals surface area (Å²) in [5.74, 6) is 0.157. The summed E-state index contributed by atoms with van der Waals surface area (Å²) in [6, 6.07) is 4.40. The summed E-state index contributed by atoms with van der Waals surface area (Å²) in [5, 5.41) is 0.807. The average Bonchev–Trinajstić information content (AvgIpc) is 3.24. The molecule has 3 rings (SSSR count). The van der Waals surface area contributed by atoms with E-state index in [1.165, 1.54) is 0 Å². The van der Waals surface area contributed by atoms with Crippen LogP contribution in [0.15, 0.2) is 18.2 Å². The molecule has 130 valence electrons. The number of carbonyl (C=O) groups is 2. The van der Waals surface area contributed by atoms with Crippen LogP contribution in [0.4, 0.5) is 0 Å². The van der Waals surface area contributed by atoms with Gasteiger partial charge in [0.1, 0.15) is 6.04 Å². The molecule has 2 fully saturated rings. The van der Waals surface area contributed by atoms with E-state index in [1.54, 1.807) is 23.1 Å².